The smallest absolute Gasteiger partial charge is 0.331 e. The number of hydrogen-bond donors (Lipinski definition) is 0. The molecule has 0 aromatic rings. The lowest BCUT2D eigenvalue weighted by Gasteiger charge is -2.43. The maximum absolute atomic E-state index is 12.3. The van der Waals surface area contributed by atoms with Crippen LogP contribution in [-0.4, -0.2) is 56.7 Å². The summed E-state index contributed by atoms with van der Waals surface area (Å²) < 4.78 is 28.2. The number of rotatable bonds is 11. The Balaban J connectivity index is 1.40. The molecule has 0 spiro atoms. The highest BCUT2D eigenvalue weighted by Crippen LogP contribution is 2.58. The number of fused-ring (bicyclic) bond motifs is 2. The van der Waals surface area contributed by atoms with Gasteiger partial charge in [0.15, 0.2) is 6.29 Å². The van der Waals surface area contributed by atoms with Gasteiger partial charge in [0, 0.05) is 29.1 Å². The van der Waals surface area contributed by atoms with Crippen molar-refractivity contribution in [3.63, 3.8) is 0 Å². The lowest BCUT2D eigenvalue weighted by Crippen LogP contribution is -2.50. The van der Waals surface area contributed by atoms with Crippen LogP contribution in [0.3, 0.4) is 0 Å². The average molecular weight is 519 g/mol. The van der Waals surface area contributed by atoms with Crippen molar-refractivity contribution in [2.45, 2.75) is 72.7 Å². The molecule has 0 aromatic heterocycles. The van der Waals surface area contributed by atoms with Crippen LogP contribution >= 0.6 is 0 Å². The van der Waals surface area contributed by atoms with E-state index < -0.39 is 29.1 Å². The van der Waals surface area contributed by atoms with Gasteiger partial charge in [-0.1, -0.05) is 53.3 Å². The average Bonchev–Trinajstić information content (AvgIpc) is 3.29. The van der Waals surface area contributed by atoms with Crippen molar-refractivity contribution < 1.29 is 38.1 Å². The molecule has 8 heteroatoms. The second-order valence-electron chi connectivity index (χ2n) is 11.7. The van der Waals surface area contributed by atoms with E-state index in [1.54, 1.807) is 0 Å². The maximum Gasteiger partial charge on any atom is 0.331 e. The first kappa shape index (κ1) is 29.1. The van der Waals surface area contributed by atoms with Crippen LogP contribution in [0.4, 0.5) is 0 Å². The number of esters is 3. The molecule has 2 aliphatic carbocycles. The summed E-state index contributed by atoms with van der Waals surface area (Å²) in [6.07, 6.45) is 10.1. The van der Waals surface area contributed by atoms with Gasteiger partial charge in [0.25, 0.3) is 0 Å². The molecule has 0 radical (unpaired) electrons. The Morgan fingerprint density at radius 3 is 2.24 bits per heavy atom. The van der Waals surface area contributed by atoms with E-state index in [0.29, 0.717) is 31.5 Å². The quantitative estimate of drug-likeness (QED) is 0.170. The fraction of sp³-hybridized carbons (Fsp3) is 0.690. The molecule has 8 nitrogen and oxygen atoms in total. The van der Waals surface area contributed by atoms with E-state index in [1.807, 2.05) is 20.8 Å². The summed E-state index contributed by atoms with van der Waals surface area (Å²) in [7, 11) is 0. The molecule has 0 amide bonds. The maximum atomic E-state index is 12.3. The third-order valence-corrected chi connectivity index (χ3v) is 8.63. The van der Waals surface area contributed by atoms with Crippen molar-refractivity contribution in [1.82, 2.24) is 0 Å². The van der Waals surface area contributed by atoms with Gasteiger partial charge in [0.2, 0.25) is 0 Å². The van der Waals surface area contributed by atoms with Gasteiger partial charge in [-0.25, -0.2) is 14.4 Å². The van der Waals surface area contributed by atoms with Gasteiger partial charge in [-0.05, 0) is 37.5 Å². The Bertz CT molecular complexity index is 911. The molecule has 1 heterocycles. The Morgan fingerprint density at radius 2 is 1.70 bits per heavy atom. The van der Waals surface area contributed by atoms with Crippen LogP contribution < -0.4 is 0 Å². The Hall–Kier alpha value is -2.45. The van der Waals surface area contributed by atoms with Crippen molar-refractivity contribution in [2.75, 3.05) is 26.4 Å². The molecule has 37 heavy (non-hydrogen) atoms. The van der Waals surface area contributed by atoms with Crippen LogP contribution in [-0.2, 0) is 38.1 Å². The first-order chi connectivity index (χ1) is 17.4. The van der Waals surface area contributed by atoms with Crippen LogP contribution in [0, 0.1) is 28.1 Å². The molecule has 2 saturated carbocycles. The van der Waals surface area contributed by atoms with Crippen LogP contribution in [0.25, 0.3) is 0 Å². The third-order valence-electron chi connectivity index (χ3n) is 8.63. The zero-order valence-electron chi connectivity index (χ0n) is 22.8. The highest BCUT2D eigenvalue weighted by molar-refractivity contribution is 5.84. The first-order valence-corrected chi connectivity index (χ1v) is 13.2. The van der Waals surface area contributed by atoms with E-state index >= 15 is 0 Å². The monoisotopic (exact) mass is 518 g/mol. The van der Waals surface area contributed by atoms with E-state index in [1.165, 1.54) is 30.7 Å². The summed E-state index contributed by atoms with van der Waals surface area (Å²) in [5, 5.41) is 0. The summed E-state index contributed by atoms with van der Waals surface area (Å²) in [6, 6.07) is 0. The normalized spacial score (nSPS) is 33.5. The number of carbonyl (C=O) groups excluding carboxylic acids is 3. The molecule has 1 aliphatic heterocycles. The van der Waals surface area contributed by atoms with E-state index in [2.05, 4.69) is 20.4 Å². The lowest BCUT2D eigenvalue weighted by molar-refractivity contribution is -0.280. The Labute approximate surface area is 220 Å². The van der Waals surface area contributed by atoms with Crippen molar-refractivity contribution in [2.24, 2.45) is 28.1 Å². The van der Waals surface area contributed by atoms with Crippen LogP contribution in [0.15, 0.2) is 37.0 Å². The number of carbonyl (C=O) groups is 3. The SMILES string of the molecule is C=CC(=O)OCC(C)(C)C1OCC(CC)(COC(=O)/C=C\C=C/C(=O)OC2CC3CCC2(C)C3C)CO1. The highest BCUT2D eigenvalue weighted by atomic mass is 16.7. The molecule has 0 aromatic carbocycles. The Morgan fingerprint density at radius 1 is 1.05 bits per heavy atom. The second-order valence-corrected chi connectivity index (χ2v) is 11.7. The van der Waals surface area contributed by atoms with Gasteiger partial charge in [0.1, 0.15) is 19.3 Å². The number of hydrogen-bond acceptors (Lipinski definition) is 8. The summed E-state index contributed by atoms with van der Waals surface area (Å²) in [4.78, 5) is 35.9. The van der Waals surface area contributed by atoms with Gasteiger partial charge < -0.3 is 23.7 Å². The van der Waals surface area contributed by atoms with Gasteiger partial charge >= 0.3 is 17.9 Å². The topological polar surface area (TPSA) is 97.4 Å². The number of ether oxygens (including phenoxy) is 5. The van der Waals surface area contributed by atoms with Gasteiger partial charge in [-0.2, -0.15) is 0 Å². The van der Waals surface area contributed by atoms with Crippen LogP contribution in [0.1, 0.15) is 60.3 Å². The van der Waals surface area contributed by atoms with E-state index in [4.69, 9.17) is 23.7 Å². The largest absolute Gasteiger partial charge is 0.462 e. The summed E-state index contributed by atoms with van der Waals surface area (Å²) in [5.74, 6) is -0.175. The molecular weight excluding hydrogens is 476 g/mol. The molecule has 3 fully saturated rings. The summed E-state index contributed by atoms with van der Waals surface area (Å²) in [5.41, 5.74) is -0.954. The van der Waals surface area contributed by atoms with Crippen molar-refractivity contribution in [3.8, 4) is 0 Å². The Kier molecular flexibility index (Phi) is 9.40. The van der Waals surface area contributed by atoms with Gasteiger partial charge in [0.05, 0.1) is 18.6 Å². The first-order valence-electron chi connectivity index (χ1n) is 13.2. The molecule has 4 atom stereocenters. The van der Waals surface area contributed by atoms with Crippen molar-refractivity contribution in [3.05, 3.63) is 37.0 Å². The van der Waals surface area contributed by atoms with Crippen LogP contribution in [0.2, 0.25) is 0 Å². The van der Waals surface area contributed by atoms with Gasteiger partial charge in [-0.3, -0.25) is 0 Å². The summed E-state index contributed by atoms with van der Waals surface area (Å²) in [6.45, 7) is 14.6. The van der Waals surface area contributed by atoms with E-state index in [-0.39, 0.29) is 30.7 Å². The van der Waals surface area contributed by atoms with Crippen molar-refractivity contribution in [1.29, 1.82) is 0 Å². The number of allylic oxidation sites excluding steroid dienone is 2. The molecular formula is C29H42O8. The fourth-order valence-corrected chi connectivity index (χ4v) is 5.56. The lowest BCUT2D eigenvalue weighted by atomic mass is 9.80. The minimum atomic E-state index is -0.560. The standard InChI is InChI=1S/C29H42O8/c1-7-23(30)33-16-27(4,5)26-35-18-29(8-2,19-36-26)17-34-24(31)11-9-10-12-25(32)37-22-15-21-13-14-28(22,6)20(21)3/h7,9-12,20-22,26H,1,8,13-19H2,2-6H3/b11-9-,12-10-. The molecule has 3 aliphatic rings. The zero-order valence-corrected chi connectivity index (χ0v) is 22.8. The molecule has 0 N–H and O–H groups in total. The molecule has 3 rings (SSSR count). The van der Waals surface area contributed by atoms with Gasteiger partial charge in [-0.15, -0.1) is 0 Å². The minimum Gasteiger partial charge on any atom is -0.462 e. The molecule has 206 valence electrons. The molecule has 2 bridgehead atoms. The zero-order chi connectivity index (χ0) is 27.3. The second kappa shape index (κ2) is 11.9. The van der Waals surface area contributed by atoms with Crippen molar-refractivity contribution >= 4 is 17.9 Å². The van der Waals surface area contributed by atoms with E-state index in [0.717, 1.165) is 18.9 Å². The summed E-state index contributed by atoms with van der Waals surface area (Å²) >= 11 is 0. The molecule has 1 saturated heterocycles. The van der Waals surface area contributed by atoms with Crippen LogP contribution in [0.5, 0.6) is 0 Å². The van der Waals surface area contributed by atoms with E-state index in [9.17, 15) is 14.4 Å². The molecule has 4 unspecified atom stereocenters. The third kappa shape index (κ3) is 6.90. The predicted octanol–water partition coefficient (Wildman–Crippen LogP) is 4.53. The predicted molar refractivity (Wildman–Crippen MR) is 137 cm³/mol. The minimum absolute atomic E-state index is 0.0372. The fourth-order valence-electron chi connectivity index (χ4n) is 5.56. The highest BCUT2D eigenvalue weighted by Gasteiger charge is 2.56.